The van der Waals surface area contributed by atoms with Gasteiger partial charge in [-0.3, -0.25) is 0 Å². The summed E-state index contributed by atoms with van der Waals surface area (Å²) in [6, 6.07) is 15.7. The Hall–Kier alpha value is -2.21. The molecule has 0 radical (unpaired) electrons. The van der Waals surface area contributed by atoms with Crippen LogP contribution in [0.3, 0.4) is 0 Å². The third kappa shape index (κ3) is 2.80. The Kier molecular flexibility index (Phi) is 3.70. The Balaban J connectivity index is 2.00. The van der Waals surface area contributed by atoms with E-state index in [1.54, 1.807) is 0 Å². The van der Waals surface area contributed by atoms with Crippen molar-refractivity contribution < 1.29 is 0 Å². The van der Waals surface area contributed by atoms with Gasteiger partial charge in [0.25, 0.3) is 0 Å². The Morgan fingerprint density at radius 1 is 1.14 bits per heavy atom. The first kappa shape index (κ1) is 13.8. The first-order valence-electron chi connectivity index (χ1n) is 6.54. The predicted octanol–water partition coefficient (Wildman–Crippen LogP) is 3.29. The highest BCUT2D eigenvalue weighted by Gasteiger charge is 2.16. The average molecular weight is 344 g/mol. The van der Waals surface area contributed by atoms with Crippen LogP contribution in [0.1, 0.15) is 18.5 Å². The number of rotatable bonds is 3. The molecule has 1 aromatic heterocycles. The van der Waals surface area contributed by atoms with E-state index in [1.807, 2.05) is 41.1 Å². The number of nitrogens with zero attached hydrogens (tertiary/aromatic N) is 4. The number of nitrogen functional groups attached to an aromatic ring is 1. The quantitative estimate of drug-likeness (QED) is 0.740. The number of benzene rings is 2. The summed E-state index contributed by atoms with van der Waals surface area (Å²) in [6.07, 6.45) is 0. The minimum absolute atomic E-state index is 0.0325. The number of tetrazole rings is 1. The Morgan fingerprint density at radius 2 is 1.90 bits per heavy atom. The van der Waals surface area contributed by atoms with Crippen molar-refractivity contribution in [3.8, 4) is 11.4 Å². The smallest absolute Gasteiger partial charge is 0.182 e. The van der Waals surface area contributed by atoms with Crippen LogP contribution in [0.25, 0.3) is 11.4 Å². The number of nitrogens with two attached hydrogens (primary N) is 1. The normalized spacial score (nSPS) is 12.3. The molecule has 0 fully saturated rings. The molecule has 0 spiro atoms. The van der Waals surface area contributed by atoms with Crippen molar-refractivity contribution >= 4 is 21.6 Å². The number of hydrogen-bond donors (Lipinski definition) is 1. The lowest BCUT2D eigenvalue weighted by atomic mass is 10.1. The number of hydrogen-bond acceptors (Lipinski definition) is 4. The van der Waals surface area contributed by atoms with E-state index in [-0.39, 0.29) is 6.04 Å². The number of halogens is 1. The van der Waals surface area contributed by atoms with Crippen molar-refractivity contribution in [2.75, 3.05) is 5.73 Å². The summed E-state index contributed by atoms with van der Waals surface area (Å²) >= 11 is 3.49. The van der Waals surface area contributed by atoms with Gasteiger partial charge < -0.3 is 5.73 Å². The Bertz CT molecular complexity index is 751. The average Bonchev–Trinajstić information content (AvgIpc) is 2.96. The van der Waals surface area contributed by atoms with Crippen LogP contribution in [0.5, 0.6) is 0 Å². The molecule has 2 aromatic carbocycles. The monoisotopic (exact) mass is 343 g/mol. The Labute approximate surface area is 130 Å². The van der Waals surface area contributed by atoms with E-state index in [0.29, 0.717) is 0 Å². The lowest BCUT2D eigenvalue weighted by Crippen LogP contribution is -2.10. The van der Waals surface area contributed by atoms with E-state index in [0.717, 1.165) is 27.1 Å². The highest BCUT2D eigenvalue weighted by Crippen LogP contribution is 2.25. The molecule has 0 saturated heterocycles. The van der Waals surface area contributed by atoms with Crippen molar-refractivity contribution in [2.45, 2.75) is 13.0 Å². The predicted molar refractivity (Wildman–Crippen MR) is 85.6 cm³/mol. The van der Waals surface area contributed by atoms with Crippen LogP contribution in [0.15, 0.2) is 53.0 Å². The summed E-state index contributed by atoms with van der Waals surface area (Å²) in [5.74, 6) is 0.725. The third-order valence-corrected chi connectivity index (χ3v) is 3.85. The van der Waals surface area contributed by atoms with Crippen molar-refractivity contribution in [3.05, 3.63) is 58.6 Å². The SMILES string of the molecule is CC(c1cccc(Br)c1)n1nnnc1-c1ccc(N)cc1. The summed E-state index contributed by atoms with van der Waals surface area (Å²) in [7, 11) is 0. The van der Waals surface area contributed by atoms with E-state index in [4.69, 9.17) is 5.73 Å². The summed E-state index contributed by atoms with van der Waals surface area (Å²) in [4.78, 5) is 0. The highest BCUT2D eigenvalue weighted by atomic mass is 79.9. The fourth-order valence-corrected chi connectivity index (χ4v) is 2.60. The fourth-order valence-electron chi connectivity index (χ4n) is 2.18. The lowest BCUT2D eigenvalue weighted by Gasteiger charge is -2.14. The van der Waals surface area contributed by atoms with Gasteiger partial charge in [-0.1, -0.05) is 28.1 Å². The van der Waals surface area contributed by atoms with Crippen molar-refractivity contribution in [1.29, 1.82) is 0 Å². The molecular formula is C15H14BrN5. The maximum Gasteiger partial charge on any atom is 0.182 e. The molecule has 106 valence electrons. The summed E-state index contributed by atoms with van der Waals surface area (Å²) in [5.41, 5.74) is 8.52. The Morgan fingerprint density at radius 3 is 2.62 bits per heavy atom. The third-order valence-electron chi connectivity index (χ3n) is 3.36. The van der Waals surface area contributed by atoms with Gasteiger partial charge in [0.2, 0.25) is 0 Å². The minimum Gasteiger partial charge on any atom is -0.399 e. The lowest BCUT2D eigenvalue weighted by molar-refractivity contribution is 0.548. The zero-order chi connectivity index (χ0) is 14.8. The maximum absolute atomic E-state index is 5.72. The van der Waals surface area contributed by atoms with Crippen molar-refractivity contribution in [1.82, 2.24) is 20.2 Å². The zero-order valence-electron chi connectivity index (χ0n) is 11.4. The molecule has 0 bridgehead atoms. The summed E-state index contributed by atoms with van der Waals surface area (Å²) in [6.45, 7) is 2.07. The van der Waals surface area contributed by atoms with Gasteiger partial charge in [-0.05, 0) is 59.3 Å². The van der Waals surface area contributed by atoms with E-state index in [9.17, 15) is 0 Å². The van der Waals surface area contributed by atoms with Gasteiger partial charge in [-0.2, -0.15) is 0 Å². The standard InChI is InChI=1S/C15H14BrN5/c1-10(12-3-2-4-13(16)9-12)21-15(18-19-20-21)11-5-7-14(17)8-6-11/h2-10H,17H2,1H3. The van der Waals surface area contributed by atoms with Gasteiger partial charge in [0.1, 0.15) is 0 Å². The maximum atomic E-state index is 5.72. The molecule has 0 saturated carbocycles. The van der Waals surface area contributed by atoms with E-state index >= 15 is 0 Å². The molecule has 21 heavy (non-hydrogen) atoms. The van der Waals surface area contributed by atoms with E-state index in [1.165, 1.54) is 0 Å². The van der Waals surface area contributed by atoms with Gasteiger partial charge in [-0.25, -0.2) is 4.68 Å². The van der Waals surface area contributed by atoms with Gasteiger partial charge in [0.05, 0.1) is 6.04 Å². The summed E-state index contributed by atoms with van der Waals surface area (Å²) < 4.78 is 2.85. The topological polar surface area (TPSA) is 69.6 Å². The first-order valence-corrected chi connectivity index (χ1v) is 7.33. The minimum atomic E-state index is 0.0325. The molecule has 6 heteroatoms. The molecule has 0 aliphatic carbocycles. The van der Waals surface area contributed by atoms with Crippen LogP contribution in [0.4, 0.5) is 5.69 Å². The van der Waals surface area contributed by atoms with Crippen LogP contribution in [-0.4, -0.2) is 20.2 Å². The molecule has 0 aliphatic rings. The molecule has 3 rings (SSSR count). The fraction of sp³-hybridized carbons (Fsp3) is 0.133. The van der Waals surface area contributed by atoms with Gasteiger partial charge in [0, 0.05) is 15.7 Å². The molecule has 3 aromatic rings. The molecule has 2 N–H and O–H groups in total. The molecule has 1 atom stereocenters. The molecule has 0 amide bonds. The summed E-state index contributed by atoms with van der Waals surface area (Å²) in [5, 5.41) is 12.1. The first-order chi connectivity index (χ1) is 10.1. The van der Waals surface area contributed by atoms with Crippen LogP contribution < -0.4 is 5.73 Å². The highest BCUT2D eigenvalue weighted by molar-refractivity contribution is 9.10. The van der Waals surface area contributed by atoms with Crippen LogP contribution in [0, 0.1) is 0 Å². The van der Waals surface area contributed by atoms with E-state index < -0.39 is 0 Å². The largest absolute Gasteiger partial charge is 0.399 e. The van der Waals surface area contributed by atoms with Crippen LogP contribution in [-0.2, 0) is 0 Å². The second-order valence-corrected chi connectivity index (χ2v) is 5.72. The van der Waals surface area contributed by atoms with Gasteiger partial charge in [-0.15, -0.1) is 5.10 Å². The number of anilines is 1. The number of aromatic nitrogens is 4. The van der Waals surface area contributed by atoms with Gasteiger partial charge >= 0.3 is 0 Å². The molecule has 1 heterocycles. The van der Waals surface area contributed by atoms with Crippen LogP contribution in [0.2, 0.25) is 0 Å². The van der Waals surface area contributed by atoms with Crippen LogP contribution >= 0.6 is 15.9 Å². The zero-order valence-corrected chi connectivity index (χ0v) is 13.0. The molecular weight excluding hydrogens is 330 g/mol. The molecule has 5 nitrogen and oxygen atoms in total. The van der Waals surface area contributed by atoms with Crippen molar-refractivity contribution in [3.63, 3.8) is 0 Å². The molecule has 1 unspecified atom stereocenters. The van der Waals surface area contributed by atoms with E-state index in [2.05, 4.69) is 50.5 Å². The molecule has 0 aliphatic heterocycles. The second kappa shape index (κ2) is 5.65. The van der Waals surface area contributed by atoms with Crippen molar-refractivity contribution in [2.24, 2.45) is 0 Å². The van der Waals surface area contributed by atoms with Gasteiger partial charge in [0.15, 0.2) is 5.82 Å². The second-order valence-electron chi connectivity index (χ2n) is 4.80.